The summed E-state index contributed by atoms with van der Waals surface area (Å²) < 4.78 is 32.8. The molecule has 0 unspecified atom stereocenters. The van der Waals surface area contributed by atoms with Crippen molar-refractivity contribution in [3.05, 3.63) is 24.3 Å². The van der Waals surface area contributed by atoms with Crippen molar-refractivity contribution in [3.63, 3.8) is 0 Å². The molecule has 1 aromatic rings. The molecule has 1 fully saturated rings. The van der Waals surface area contributed by atoms with Gasteiger partial charge in [0.15, 0.2) is 6.61 Å². The zero-order valence-electron chi connectivity index (χ0n) is 18.2. The van der Waals surface area contributed by atoms with Crippen LogP contribution in [0.3, 0.4) is 0 Å². The first-order valence-electron chi connectivity index (χ1n) is 10.6. The van der Waals surface area contributed by atoms with Crippen LogP contribution in [0.15, 0.2) is 34.3 Å². The van der Waals surface area contributed by atoms with Crippen LogP contribution in [0, 0.1) is 0 Å². The summed E-state index contributed by atoms with van der Waals surface area (Å²) in [5, 5.41) is 7.43. The van der Waals surface area contributed by atoms with Crippen LogP contribution in [0.2, 0.25) is 0 Å². The van der Waals surface area contributed by atoms with Crippen molar-refractivity contribution < 1.29 is 27.5 Å². The molecule has 174 valence electrons. The van der Waals surface area contributed by atoms with Crippen LogP contribution in [0.25, 0.3) is 0 Å². The number of hydrazone groups is 1. The van der Waals surface area contributed by atoms with Crippen LogP contribution < -0.4 is 5.32 Å². The second-order valence-electron chi connectivity index (χ2n) is 7.90. The summed E-state index contributed by atoms with van der Waals surface area (Å²) in [5.41, 5.74) is 0.175. The third kappa shape index (κ3) is 5.52. The number of ether oxygens (including phenoxy) is 1. The summed E-state index contributed by atoms with van der Waals surface area (Å²) in [4.78, 5) is 35.9. The highest BCUT2D eigenvalue weighted by Gasteiger charge is 2.31. The van der Waals surface area contributed by atoms with E-state index < -0.39 is 28.5 Å². The summed E-state index contributed by atoms with van der Waals surface area (Å²) in [7, 11) is -0.819. The molecule has 0 aromatic heterocycles. The van der Waals surface area contributed by atoms with E-state index >= 15 is 0 Å². The molecule has 32 heavy (non-hydrogen) atoms. The average Bonchev–Trinajstić information content (AvgIpc) is 2.79. The SMILES string of the molecule is CN1N=C(C(=O)OCC(=O)Nc2ccccc2S(=O)(=O)N(C)C2CCCCC2)CCC1=O. The van der Waals surface area contributed by atoms with Gasteiger partial charge in [-0.2, -0.15) is 9.41 Å². The van der Waals surface area contributed by atoms with Gasteiger partial charge in [0.25, 0.3) is 5.91 Å². The standard InChI is InChI=1S/C21H28N4O6S/c1-24-20(27)13-12-17(23-24)21(28)31-14-19(26)22-16-10-6-7-11-18(16)32(29,30)25(2)15-8-4-3-5-9-15/h6-7,10-11,15H,3-5,8-9,12-14H2,1-2H3,(H,22,26). The summed E-state index contributed by atoms with van der Waals surface area (Å²) in [6, 6.07) is 6.08. The Morgan fingerprint density at radius 3 is 2.56 bits per heavy atom. The highest BCUT2D eigenvalue weighted by molar-refractivity contribution is 7.89. The van der Waals surface area contributed by atoms with Gasteiger partial charge in [-0.25, -0.2) is 18.2 Å². The van der Waals surface area contributed by atoms with E-state index in [0.717, 1.165) is 37.1 Å². The second kappa shape index (κ2) is 10.2. The Kier molecular flexibility index (Phi) is 7.62. The number of rotatable bonds is 7. The molecule has 3 rings (SSSR count). The van der Waals surface area contributed by atoms with Gasteiger partial charge in [-0.1, -0.05) is 31.4 Å². The second-order valence-corrected chi connectivity index (χ2v) is 9.86. The Balaban J connectivity index is 1.65. The number of esters is 1. The predicted octanol–water partition coefficient (Wildman–Crippen LogP) is 1.73. The molecule has 1 aromatic carbocycles. The van der Waals surface area contributed by atoms with Crippen molar-refractivity contribution >= 4 is 39.2 Å². The fourth-order valence-corrected chi connectivity index (χ4v) is 5.37. The van der Waals surface area contributed by atoms with Gasteiger partial charge >= 0.3 is 5.97 Å². The lowest BCUT2D eigenvalue weighted by Crippen LogP contribution is -2.38. The van der Waals surface area contributed by atoms with Crippen LogP contribution in [0.1, 0.15) is 44.9 Å². The number of carbonyl (C=O) groups excluding carboxylic acids is 3. The molecule has 10 nitrogen and oxygen atoms in total. The number of nitrogens with zero attached hydrogens (tertiary/aromatic N) is 3. The van der Waals surface area contributed by atoms with Gasteiger partial charge < -0.3 is 10.1 Å². The van der Waals surface area contributed by atoms with Crippen LogP contribution in [0.5, 0.6) is 0 Å². The smallest absolute Gasteiger partial charge is 0.355 e. The number of para-hydroxylation sites is 1. The number of hydrogen-bond acceptors (Lipinski definition) is 7. The summed E-state index contributed by atoms with van der Waals surface area (Å²) in [5.74, 6) is -1.69. The maximum absolute atomic E-state index is 13.2. The maximum atomic E-state index is 13.2. The predicted molar refractivity (Wildman–Crippen MR) is 117 cm³/mol. The molecule has 2 amide bonds. The van der Waals surface area contributed by atoms with Gasteiger partial charge in [-0.05, 0) is 25.0 Å². The van der Waals surface area contributed by atoms with Crippen molar-refractivity contribution in [3.8, 4) is 0 Å². The van der Waals surface area contributed by atoms with Crippen molar-refractivity contribution in [1.29, 1.82) is 0 Å². The third-order valence-corrected chi connectivity index (χ3v) is 7.65. The molecule has 2 aliphatic rings. The molecule has 0 radical (unpaired) electrons. The van der Waals surface area contributed by atoms with Crippen molar-refractivity contribution in [1.82, 2.24) is 9.31 Å². The minimum Gasteiger partial charge on any atom is -0.451 e. The van der Waals surface area contributed by atoms with Gasteiger partial charge in [0.2, 0.25) is 15.9 Å². The van der Waals surface area contributed by atoms with Crippen LogP contribution in [-0.4, -0.2) is 68.0 Å². The van der Waals surface area contributed by atoms with E-state index in [1.807, 2.05) is 0 Å². The Hall–Kier alpha value is -2.79. The molecule has 0 spiro atoms. The maximum Gasteiger partial charge on any atom is 0.355 e. The molecular formula is C21H28N4O6S. The van der Waals surface area contributed by atoms with Crippen molar-refractivity contribution in [2.75, 3.05) is 26.0 Å². The van der Waals surface area contributed by atoms with Crippen molar-refractivity contribution in [2.24, 2.45) is 5.10 Å². The highest BCUT2D eigenvalue weighted by Crippen LogP contribution is 2.29. The Morgan fingerprint density at radius 2 is 1.88 bits per heavy atom. The number of sulfonamides is 1. The van der Waals surface area contributed by atoms with Gasteiger partial charge in [0, 0.05) is 33.0 Å². The molecule has 0 saturated heterocycles. The minimum absolute atomic E-state index is 0.00968. The number of carbonyl (C=O) groups is 3. The van der Waals surface area contributed by atoms with Crippen molar-refractivity contribution in [2.45, 2.75) is 55.9 Å². The first-order valence-corrected chi connectivity index (χ1v) is 12.0. The summed E-state index contributed by atoms with van der Waals surface area (Å²) in [6.45, 7) is -0.609. The van der Waals surface area contributed by atoms with E-state index in [4.69, 9.17) is 4.74 Å². The molecule has 0 bridgehead atoms. The largest absolute Gasteiger partial charge is 0.451 e. The monoisotopic (exact) mass is 464 g/mol. The molecule has 11 heteroatoms. The number of amides is 2. The summed E-state index contributed by atoms with van der Waals surface area (Å²) >= 11 is 0. The lowest BCUT2D eigenvalue weighted by molar-refractivity contribution is -0.141. The highest BCUT2D eigenvalue weighted by atomic mass is 32.2. The number of nitrogens with one attached hydrogen (secondary N) is 1. The third-order valence-electron chi connectivity index (χ3n) is 5.68. The van der Waals surface area contributed by atoms with E-state index in [9.17, 15) is 22.8 Å². The van der Waals surface area contributed by atoms with E-state index in [0.29, 0.717) is 0 Å². The van der Waals surface area contributed by atoms with Crippen LogP contribution in [0.4, 0.5) is 5.69 Å². The molecule has 0 atom stereocenters. The topological polar surface area (TPSA) is 125 Å². The van der Waals surface area contributed by atoms with Gasteiger partial charge in [-0.15, -0.1) is 0 Å². The molecule has 1 aliphatic heterocycles. The molecule has 1 heterocycles. The number of anilines is 1. The lowest BCUT2D eigenvalue weighted by Gasteiger charge is -2.30. The Bertz CT molecular complexity index is 1020. The first-order chi connectivity index (χ1) is 15.2. The zero-order chi connectivity index (χ0) is 23.3. The number of benzene rings is 1. The van der Waals surface area contributed by atoms with Crippen LogP contribution >= 0.6 is 0 Å². The molecule has 1 saturated carbocycles. The molecule has 1 aliphatic carbocycles. The fourth-order valence-electron chi connectivity index (χ4n) is 3.81. The lowest BCUT2D eigenvalue weighted by atomic mass is 9.96. The quantitative estimate of drug-likeness (QED) is 0.613. The van der Waals surface area contributed by atoms with Gasteiger partial charge in [0.05, 0.1) is 5.69 Å². The van der Waals surface area contributed by atoms with E-state index in [1.54, 1.807) is 19.2 Å². The average molecular weight is 465 g/mol. The minimum atomic E-state index is -3.82. The van der Waals surface area contributed by atoms with E-state index in [-0.39, 0.29) is 41.1 Å². The fraction of sp³-hybridized carbons (Fsp3) is 0.524. The first kappa shape index (κ1) is 23.9. The normalized spacial score (nSPS) is 17.8. The van der Waals surface area contributed by atoms with E-state index in [2.05, 4.69) is 10.4 Å². The molecular weight excluding hydrogens is 436 g/mol. The Morgan fingerprint density at radius 1 is 1.19 bits per heavy atom. The van der Waals surface area contributed by atoms with E-state index in [1.165, 1.54) is 23.5 Å². The van der Waals surface area contributed by atoms with Gasteiger partial charge in [-0.3, -0.25) is 9.59 Å². The van der Waals surface area contributed by atoms with Gasteiger partial charge in [0.1, 0.15) is 10.6 Å². The molecule has 1 N–H and O–H groups in total. The Labute approximate surface area is 187 Å². The number of hydrogen-bond donors (Lipinski definition) is 1. The summed E-state index contributed by atoms with van der Waals surface area (Å²) in [6.07, 6.45) is 4.98. The van der Waals surface area contributed by atoms with Crippen LogP contribution in [-0.2, 0) is 29.1 Å². The zero-order valence-corrected chi connectivity index (χ0v) is 19.1.